The van der Waals surface area contributed by atoms with Gasteiger partial charge in [0.05, 0.1) is 0 Å². The number of nitrogens with zero attached hydrogens (tertiary/aromatic N) is 3. The molecule has 2 aromatic heterocycles. The molecule has 3 unspecified atom stereocenters. The van der Waals surface area contributed by atoms with Crippen molar-refractivity contribution in [2.45, 2.75) is 44.2 Å². The van der Waals surface area contributed by atoms with Crippen LogP contribution >= 0.6 is 11.3 Å². The molecule has 2 aromatic rings. The van der Waals surface area contributed by atoms with Crippen LogP contribution in [0.2, 0.25) is 0 Å². The molecule has 24 heavy (non-hydrogen) atoms. The molecule has 1 aliphatic heterocycles. The van der Waals surface area contributed by atoms with Crippen molar-refractivity contribution in [3.63, 3.8) is 0 Å². The molecule has 0 bridgehead atoms. The molecule has 3 heterocycles. The summed E-state index contributed by atoms with van der Waals surface area (Å²) in [5.41, 5.74) is -0.488. The average Bonchev–Trinajstić information content (AvgIpc) is 3.19. The Bertz CT molecular complexity index is 874. The van der Waals surface area contributed by atoms with Crippen LogP contribution in [-0.4, -0.2) is 43.4 Å². The summed E-state index contributed by atoms with van der Waals surface area (Å²) in [6.45, 7) is 0. The summed E-state index contributed by atoms with van der Waals surface area (Å²) in [4.78, 5) is 43.3. The molecule has 126 valence electrons. The van der Waals surface area contributed by atoms with E-state index in [0.29, 0.717) is 11.4 Å². The Labute approximate surface area is 141 Å². The van der Waals surface area contributed by atoms with Gasteiger partial charge in [-0.15, -0.1) is 11.3 Å². The van der Waals surface area contributed by atoms with Crippen LogP contribution in [0.25, 0.3) is 4.96 Å². The quantitative estimate of drug-likeness (QED) is 0.891. The largest absolute Gasteiger partial charge is 0.480 e. The van der Waals surface area contributed by atoms with Gasteiger partial charge >= 0.3 is 5.97 Å². The molecule has 8 heteroatoms. The van der Waals surface area contributed by atoms with E-state index in [9.17, 15) is 19.5 Å². The number of amides is 1. The molecule has 0 spiro atoms. The van der Waals surface area contributed by atoms with Gasteiger partial charge in [0.25, 0.3) is 11.5 Å². The number of aromatic nitrogens is 2. The second-order valence-corrected chi connectivity index (χ2v) is 7.32. The van der Waals surface area contributed by atoms with E-state index >= 15 is 0 Å². The number of carbonyl (C=O) groups is 2. The molecule has 0 radical (unpaired) electrons. The number of carboxylic acid groups (broad SMARTS) is 1. The molecule has 1 saturated carbocycles. The van der Waals surface area contributed by atoms with Crippen molar-refractivity contribution in [2.75, 3.05) is 0 Å². The fraction of sp³-hybridized carbons (Fsp3) is 0.500. The molecule has 2 fully saturated rings. The van der Waals surface area contributed by atoms with Crippen molar-refractivity contribution < 1.29 is 14.7 Å². The van der Waals surface area contributed by atoms with Crippen LogP contribution in [0.3, 0.4) is 0 Å². The average molecular weight is 347 g/mol. The monoisotopic (exact) mass is 347 g/mol. The van der Waals surface area contributed by atoms with E-state index in [2.05, 4.69) is 4.98 Å². The molecule has 1 amide bonds. The third-order valence-electron chi connectivity index (χ3n) is 5.18. The molecule has 0 aromatic carbocycles. The number of likely N-dealkylation sites (tertiary alicyclic amines) is 1. The predicted molar refractivity (Wildman–Crippen MR) is 87.3 cm³/mol. The van der Waals surface area contributed by atoms with Gasteiger partial charge in [-0.05, 0) is 25.2 Å². The summed E-state index contributed by atoms with van der Waals surface area (Å²) in [5.74, 6) is -1.29. The maximum absolute atomic E-state index is 13.0. The van der Waals surface area contributed by atoms with Gasteiger partial charge in [0, 0.05) is 23.8 Å². The highest BCUT2D eigenvalue weighted by Crippen LogP contribution is 2.40. The number of rotatable bonds is 2. The maximum atomic E-state index is 13.0. The summed E-state index contributed by atoms with van der Waals surface area (Å²) < 4.78 is 1.34. The molecule has 1 aliphatic carbocycles. The number of carboxylic acids is 1. The van der Waals surface area contributed by atoms with Crippen LogP contribution in [0.1, 0.15) is 42.5 Å². The minimum absolute atomic E-state index is 0.0524. The topological polar surface area (TPSA) is 92.0 Å². The summed E-state index contributed by atoms with van der Waals surface area (Å²) in [6.07, 6.45) is 7.13. The second-order valence-electron chi connectivity index (χ2n) is 6.45. The summed E-state index contributed by atoms with van der Waals surface area (Å²) in [7, 11) is 0. The van der Waals surface area contributed by atoms with E-state index < -0.39 is 23.5 Å². The predicted octanol–water partition coefficient (Wildman–Crippen LogP) is 1.61. The van der Waals surface area contributed by atoms with Crippen LogP contribution < -0.4 is 5.56 Å². The molecular formula is C16H17N3O4S. The Morgan fingerprint density at radius 2 is 2.08 bits per heavy atom. The SMILES string of the molecule is O=C(O)C1CC2CCCCC2N1C(=O)c1cnc2sccn2c1=O. The molecule has 1 saturated heterocycles. The third kappa shape index (κ3) is 2.24. The van der Waals surface area contributed by atoms with Crippen molar-refractivity contribution in [1.29, 1.82) is 0 Å². The van der Waals surface area contributed by atoms with E-state index in [4.69, 9.17) is 0 Å². The summed E-state index contributed by atoms with van der Waals surface area (Å²) in [6, 6.07) is -0.942. The summed E-state index contributed by atoms with van der Waals surface area (Å²) >= 11 is 1.31. The molecular weight excluding hydrogens is 330 g/mol. The lowest BCUT2D eigenvalue weighted by molar-refractivity contribution is -0.141. The van der Waals surface area contributed by atoms with Gasteiger partial charge in [0.2, 0.25) is 0 Å². The Balaban J connectivity index is 1.76. The molecule has 1 N–H and O–H groups in total. The van der Waals surface area contributed by atoms with Crippen molar-refractivity contribution in [3.05, 3.63) is 33.7 Å². The minimum atomic E-state index is -0.998. The zero-order valence-electron chi connectivity index (χ0n) is 12.9. The smallest absolute Gasteiger partial charge is 0.326 e. The zero-order valence-corrected chi connectivity index (χ0v) is 13.7. The first-order valence-corrected chi connectivity index (χ1v) is 8.96. The number of thiazole rings is 1. The van der Waals surface area contributed by atoms with Crippen LogP contribution in [0.15, 0.2) is 22.6 Å². The lowest BCUT2D eigenvalue weighted by Crippen LogP contribution is -2.47. The highest BCUT2D eigenvalue weighted by atomic mass is 32.1. The van der Waals surface area contributed by atoms with Crippen LogP contribution in [0, 0.1) is 5.92 Å². The third-order valence-corrected chi connectivity index (χ3v) is 5.95. The number of fused-ring (bicyclic) bond motifs is 2. The Hall–Kier alpha value is -2.22. The van der Waals surface area contributed by atoms with Crippen LogP contribution in [0.5, 0.6) is 0 Å². The number of hydrogen-bond acceptors (Lipinski definition) is 5. The highest BCUT2D eigenvalue weighted by molar-refractivity contribution is 7.15. The van der Waals surface area contributed by atoms with Crippen LogP contribution in [0.4, 0.5) is 0 Å². The van der Waals surface area contributed by atoms with Gasteiger partial charge in [-0.25, -0.2) is 9.78 Å². The second kappa shape index (κ2) is 5.70. The standard InChI is InChI=1S/C16H17N3O4S/c20-13-10(8-17-16-18(13)5-6-24-16)14(21)19-11-4-2-1-3-9(11)7-12(19)15(22)23/h5-6,8-9,11-12H,1-4,7H2,(H,22,23). The molecule has 4 rings (SSSR count). The van der Waals surface area contributed by atoms with Gasteiger partial charge in [-0.3, -0.25) is 14.0 Å². The normalized spacial score (nSPS) is 26.5. The number of aliphatic carboxylic acids is 1. The van der Waals surface area contributed by atoms with Crippen LogP contribution in [-0.2, 0) is 4.79 Å². The highest BCUT2D eigenvalue weighted by Gasteiger charge is 2.48. The van der Waals surface area contributed by atoms with Gasteiger partial charge in [-0.1, -0.05) is 12.8 Å². The van der Waals surface area contributed by atoms with E-state index in [-0.39, 0.29) is 17.5 Å². The van der Waals surface area contributed by atoms with Gasteiger partial charge in [0.15, 0.2) is 4.96 Å². The Morgan fingerprint density at radius 1 is 1.29 bits per heavy atom. The number of carbonyl (C=O) groups excluding carboxylic acids is 1. The number of hydrogen-bond donors (Lipinski definition) is 1. The Kier molecular flexibility index (Phi) is 3.64. The van der Waals surface area contributed by atoms with E-state index in [1.54, 1.807) is 11.6 Å². The fourth-order valence-corrected chi connectivity index (χ4v) is 4.76. The maximum Gasteiger partial charge on any atom is 0.326 e. The molecule has 3 atom stereocenters. The molecule has 2 aliphatic rings. The first kappa shape index (κ1) is 15.3. The first-order valence-electron chi connectivity index (χ1n) is 8.08. The van der Waals surface area contributed by atoms with E-state index in [1.807, 2.05) is 0 Å². The fourth-order valence-electron chi connectivity index (χ4n) is 4.08. The van der Waals surface area contributed by atoms with E-state index in [0.717, 1.165) is 25.7 Å². The summed E-state index contributed by atoms with van der Waals surface area (Å²) in [5, 5.41) is 11.3. The molecule has 7 nitrogen and oxygen atoms in total. The van der Waals surface area contributed by atoms with E-state index in [1.165, 1.54) is 26.8 Å². The zero-order chi connectivity index (χ0) is 16.8. The van der Waals surface area contributed by atoms with Crippen molar-refractivity contribution in [3.8, 4) is 0 Å². The minimum Gasteiger partial charge on any atom is -0.480 e. The lowest BCUT2D eigenvalue weighted by Gasteiger charge is -2.32. The van der Waals surface area contributed by atoms with Crippen molar-refractivity contribution >= 4 is 28.2 Å². The van der Waals surface area contributed by atoms with Crippen molar-refractivity contribution in [2.24, 2.45) is 5.92 Å². The van der Waals surface area contributed by atoms with Gasteiger partial charge in [-0.2, -0.15) is 0 Å². The lowest BCUT2D eigenvalue weighted by atomic mass is 9.84. The van der Waals surface area contributed by atoms with Crippen molar-refractivity contribution in [1.82, 2.24) is 14.3 Å². The van der Waals surface area contributed by atoms with Gasteiger partial charge < -0.3 is 10.0 Å². The Morgan fingerprint density at radius 3 is 2.88 bits per heavy atom. The first-order chi connectivity index (χ1) is 11.6. The van der Waals surface area contributed by atoms with Gasteiger partial charge in [0.1, 0.15) is 11.6 Å².